The highest BCUT2D eigenvalue weighted by atomic mass is 16.1. The molecule has 0 aliphatic heterocycles. The van der Waals surface area contributed by atoms with Crippen molar-refractivity contribution in [3.63, 3.8) is 0 Å². The van der Waals surface area contributed by atoms with Gasteiger partial charge in [0.2, 0.25) is 0 Å². The van der Waals surface area contributed by atoms with E-state index in [0.717, 1.165) is 0 Å². The maximum absolute atomic E-state index is 8.00. The Balaban J connectivity index is -0.000000218. The lowest BCUT2D eigenvalue weighted by atomic mass is 10.3. The smallest absolute Gasteiger partial charge is 0.106 e. The molecule has 0 aromatic heterocycles. The van der Waals surface area contributed by atoms with Crippen LogP contribution in [0.1, 0.15) is 47.0 Å². The topological polar surface area (TPSA) is 20.3 Å². The van der Waals surface area contributed by atoms with E-state index in [1.54, 1.807) is 0 Å². The zero-order valence-electron chi connectivity index (χ0n) is 10.1. The van der Waals surface area contributed by atoms with Crippen molar-refractivity contribution >= 4 is 6.79 Å². The molecule has 0 aromatic rings. The minimum atomic E-state index is 1.25. The SMILES string of the molecule is C=O.CC.CCCCN(C)CCC. The van der Waals surface area contributed by atoms with Crippen LogP contribution in [-0.2, 0) is 4.79 Å². The van der Waals surface area contributed by atoms with E-state index >= 15 is 0 Å². The number of unbranched alkanes of at least 4 members (excludes halogenated alkanes) is 1. The van der Waals surface area contributed by atoms with Crippen LogP contribution in [-0.4, -0.2) is 31.8 Å². The molecule has 0 rings (SSSR count). The third-order valence-corrected chi connectivity index (χ3v) is 1.50. The fraction of sp³-hybridized carbons (Fsp3) is 0.909. The highest BCUT2D eigenvalue weighted by Gasteiger charge is 1.92. The van der Waals surface area contributed by atoms with Gasteiger partial charge in [0.1, 0.15) is 6.79 Å². The summed E-state index contributed by atoms with van der Waals surface area (Å²) in [4.78, 5) is 10.4. The van der Waals surface area contributed by atoms with Crippen molar-refractivity contribution in [3.8, 4) is 0 Å². The minimum Gasteiger partial charge on any atom is -0.307 e. The normalized spacial score (nSPS) is 8.15. The maximum Gasteiger partial charge on any atom is 0.106 e. The summed E-state index contributed by atoms with van der Waals surface area (Å²) >= 11 is 0. The molecular formula is C11H27NO. The van der Waals surface area contributed by atoms with Crippen molar-refractivity contribution in [2.45, 2.75) is 47.0 Å². The first-order valence-corrected chi connectivity index (χ1v) is 5.28. The van der Waals surface area contributed by atoms with E-state index in [2.05, 4.69) is 25.8 Å². The Hall–Kier alpha value is -0.370. The standard InChI is InChI=1S/C8H19N.C2H6.CH2O/c1-4-6-8-9(3)7-5-2;2*1-2/h4-8H2,1-3H3;1-2H3;1H2. The van der Waals surface area contributed by atoms with Gasteiger partial charge in [-0.15, -0.1) is 0 Å². The van der Waals surface area contributed by atoms with E-state index in [0.29, 0.717) is 0 Å². The number of hydrogen-bond donors (Lipinski definition) is 0. The van der Waals surface area contributed by atoms with E-state index in [1.807, 2.05) is 20.6 Å². The number of hydrogen-bond acceptors (Lipinski definition) is 2. The first-order valence-electron chi connectivity index (χ1n) is 5.28. The van der Waals surface area contributed by atoms with Crippen LogP contribution >= 0.6 is 0 Å². The van der Waals surface area contributed by atoms with E-state index in [4.69, 9.17) is 4.79 Å². The van der Waals surface area contributed by atoms with Crippen molar-refractivity contribution in [1.82, 2.24) is 4.90 Å². The quantitative estimate of drug-likeness (QED) is 0.662. The molecule has 0 unspecified atom stereocenters. The molecule has 0 spiro atoms. The Kier molecular flexibility index (Phi) is 32.0. The van der Waals surface area contributed by atoms with Crippen molar-refractivity contribution < 1.29 is 4.79 Å². The summed E-state index contributed by atoms with van der Waals surface area (Å²) < 4.78 is 0. The fourth-order valence-corrected chi connectivity index (χ4v) is 0.922. The highest BCUT2D eigenvalue weighted by Crippen LogP contribution is 1.91. The molecule has 13 heavy (non-hydrogen) atoms. The molecule has 0 saturated carbocycles. The zero-order valence-corrected chi connectivity index (χ0v) is 10.1. The maximum atomic E-state index is 8.00. The van der Waals surface area contributed by atoms with Crippen molar-refractivity contribution in [3.05, 3.63) is 0 Å². The average Bonchev–Trinajstić information content (AvgIpc) is 2.21. The van der Waals surface area contributed by atoms with Gasteiger partial charge in [0, 0.05) is 0 Å². The van der Waals surface area contributed by atoms with Crippen LogP contribution < -0.4 is 0 Å². The molecule has 2 heteroatoms. The first-order chi connectivity index (χ1) is 6.31. The van der Waals surface area contributed by atoms with Gasteiger partial charge in [-0.05, 0) is 33.0 Å². The predicted octanol–water partition coefficient (Wildman–Crippen LogP) is 2.97. The third-order valence-electron chi connectivity index (χ3n) is 1.50. The summed E-state index contributed by atoms with van der Waals surface area (Å²) in [6.07, 6.45) is 3.94. The lowest BCUT2D eigenvalue weighted by molar-refractivity contribution is -0.0979. The number of rotatable bonds is 5. The third kappa shape index (κ3) is 24.5. The van der Waals surface area contributed by atoms with Gasteiger partial charge < -0.3 is 9.69 Å². The van der Waals surface area contributed by atoms with E-state index < -0.39 is 0 Å². The lowest BCUT2D eigenvalue weighted by Crippen LogP contribution is -2.19. The second-order valence-corrected chi connectivity index (χ2v) is 2.66. The van der Waals surface area contributed by atoms with Crippen LogP contribution in [0.25, 0.3) is 0 Å². The lowest BCUT2D eigenvalue weighted by Gasteiger charge is -2.13. The molecule has 0 fully saturated rings. The molecule has 0 aliphatic carbocycles. The molecular weight excluding hydrogens is 162 g/mol. The summed E-state index contributed by atoms with van der Waals surface area (Å²) in [6.45, 7) is 13.0. The van der Waals surface area contributed by atoms with E-state index in [1.165, 1.54) is 32.4 Å². The van der Waals surface area contributed by atoms with Crippen molar-refractivity contribution in [2.75, 3.05) is 20.1 Å². The van der Waals surface area contributed by atoms with Crippen LogP contribution in [0.2, 0.25) is 0 Å². The zero-order chi connectivity index (χ0) is 11.1. The molecule has 0 atom stereocenters. The number of carbonyl (C=O) groups is 1. The van der Waals surface area contributed by atoms with Crippen LogP contribution in [0.3, 0.4) is 0 Å². The molecule has 82 valence electrons. The van der Waals surface area contributed by atoms with Crippen molar-refractivity contribution in [2.24, 2.45) is 0 Å². The Bertz CT molecular complexity index is 67.1. The van der Waals surface area contributed by atoms with Gasteiger partial charge in [0.05, 0.1) is 0 Å². The second-order valence-electron chi connectivity index (χ2n) is 2.66. The molecule has 0 bridgehead atoms. The Morgan fingerprint density at radius 1 is 1.00 bits per heavy atom. The first kappa shape index (κ1) is 18.4. The summed E-state index contributed by atoms with van der Waals surface area (Å²) in [7, 11) is 2.19. The second kappa shape index (κ2) is 22.6. The molecule has 0 amide bonds. The molecule has 0 aromatic carbocycles. The molecule has 0 saturated heterocycles. The number of carbonyl (C=O) groups excluding carboxylic acids is 1. The van der Waals surface area contributed by atoms with Gasteiger partial charge in [0.15, 0.2) is 0 Å². The van der Waals surface area contributed by atoms with E-state index in [-0.39, 0.29) is 0 Å². The highest BCUT2D eigenvalue weighted by molar-refractivity contribution is 5.10. The molecule has 2 nitrogen and oxygen atoms in total. The van der Waals surface area contributed by atoms with Gasteiger partial charge in [-0.2, -0.15) is 0 Å². The molecule has 0 heterocycles. The van der Waals surface area contributed by atoms with E-state index in [9.17, 15) is 0 Å². The number of nitrogens with zero attached hydrogens (tertiary/aromatic N) is 1. The Morgan fingerprint density at radius 2 is 1.46 bits per heavy atom. The van der Waals surface area contributed by atoms with Gasteiger partial charge in [-0.25, -0.2) is 0 Å². The summed E-state index contributed by atoms with van der Waals surface area (Å²) in [5.74, 6) is 0. The average molecular weight is 189 g/mol. The largest absolute Gasteiger partial charge is 0.307 e. The summed E-state index contributed by atoms with van der Waals surface area (Å²) in [6, 6.07) is 0. The molecule has 0 N–H and O–H groups in total. The monoisotopic (exact) mass is 189 g/mol. The van der Waals surface area contributed by atoms with Crippen LogP contribution in [0.5, 0.6) is 0 Å². The van der Waals surface area contributed by atoms with Gasteiger partial charge in [0.25, 0.3) is 0 Å². The minimum absolute atomic E-state index is 1.25. The molecule has 0 radical (unpaired) electrons. The Morgan fingerprint density at radius 3 is 1.77 bits per heavy atom. The van der Waals surface area contributed by atoms with Crippen LogP contribution in [0.15, 0.2) is 0 Å². The fourth-order valence-electron chi connectivity index (χ4n) is 0.922. The molecule has 0 aliphatic rings. The van der Waals surface area contributed by atoms with Crippen LogP contribution in [0.4, 0.5) is 0 Å². The van der Waals surface area contributed by atoms with Gasteiger partial charge >= 0.3 is 0 Å². The van der Waals surface area contributed by atoms with Gasteiger partial charge in [-0.1, -0.05) is 34.1 Å². The van der Waals surface area contributed by atoms with Crippen LogP contribution in [0, 0.1) is 0 Å². The summed E-state index contributed by atoms with van der Waals surface area (Å²) in [5, 5.41) is 0. The van der Waals surface area contributed by atoms with Gasteiger partial charge in [-0.3, -0.25) is 0 Å². The van der Waals surface area contributed by atoms with Crippen molar-refractivity contribution in [1.29, 1.82) is 0 Å². The predicted molar refractivity (Wildman–Crippen MR) is 61.2 cm³/mol. The summed E-state index contributed by atoms with van der Waals surface area (Å²) in [5.41, 5.74) is 0. The Labute approximate surface area is 84.3 Å².